The standard InChI is InChI=1S/C22H32N4O/c1-5-23-22(25-18-10-12-26(13-11-18)15-16(2)3)24-14-21-17(4)19-8-6-7-9-20(19)27-21/h6-9,18H,2,5,10-15H2,1,3-4H3,(H2,23,24,25). The molecule has 1 aliphatic rings. The van der Waals surface area contributed by atoms with Crippen LogP contribution in [-0.2, 0) is 6.54 Å². The highest BCUT2D eigenvalue weighted by atomic mass is 16.3. The van der Waals surface area contributed by atoms with E-state index in [9.17, 15) is 0 Å². The first-order valence-electron chi connectivity index (χ1n) is 9.95. The fourth-order valence-electron chi connectivity index (χ4n) is 3.66. The Morgan fingerprint density at radius 3 is 2.70 bits per heavy atom. The molecule has 2 heterocycles. The van der Waals surface area contributed by atoms with Gasteiger partial charge in [-0.2, -0.15) is 0 Å². The molecule has 0 atom stereocenters. The molecule has 1 fully saturated rings. The number of hydrogen-bond donors (Lipinski definition) is 2. The Morgan fingerprint density at radius 1 is 1.30 bits per heavy atom. The van der Waals surface area contributed by atoms with Gasteiger partial charge in [-0.3, -0.25) is 4.90 Å². The van der Waals surface area contributed by atoms with E-state index < -0.39 is 0 Å². The van der Waals surface area contributed by atoms with Crippen LogP contribution in [0.2, 0.25) is 0 Å². The summed E-state index contributed by atoms with van der Waals surface area (Å²) in [5.74, 6) is 1.81. The SMILES string of the molecule is C=C(C)CN1CCC(NC(=NCc2oc3ccccc3c2C)NCC)CC1. The van der Waals surface area contributed by atoms with E-state index in [4.69, 9.17) is 9.41 Å². The molecule has 3 rings (SSSR count). The zero-order valence-electron chi connectivity index (χ0n) is 16.8. The number of nitrogens with zero attached hydrogens (tertiary/aromatic N) is 2. The van der Waals surface area contributed by atoms with Crippen molar-refractivity contribution >= 4 is 16.9 Å². The van der Waals surface area contributed by atoms with E-state index in [0.29, 0.717) is 12.6 Å². The van der Waals surface area contributed by atoms with Crippen LogP contribution in [-0.4, -0.2) is 43.1 Å². The van der Waals surface area contributed by atoms with Crippen molar-refractivity contribution in [1.82, 2.24) is 15.5 Å². The highest BCUT2D eigenvalue weighted by molar-refractivity contribution is 5.82. The van der Waals surface area contributed by atoms with Gasteiger partial charge in [0.25, 0.3) is 0 Å². The van der Waals surface area contributed by atoms with Crippen LogP contribution in [0, 0.1) is 6.92 Å². The monoisotopic (exact) mass is 368 g/mol. The minimum absolute atomic E-state index is 0.459. The fraction of sp³-hybridized carbons (Fsp3) is 0.500. The summed E-state index contributed by atoms with van der Waals surface area (Å²) in [6.45, 7) is 14.9. The van der Waals surface area contributed by atoms with Gasteiger partial charge in [0, 0.05) is 43.2 Å². The topological polar surface area (TPSA) is 52.8 Å². The van der Waals surface area contributed by atoms with E-state index in [-0.39, 0.29) is 0 Å². The van der Waals surface area contributed by atoms with Crippen LogP contribution in [0.15, 0.2) is 45.8 Å². The third-order valence-electron chi connectivity index (χ3n) is 5.09. The van der Waals surface area contributed by atoms with E-state index in [1.54, 1.807) is 0 Å². The highest BCUT2D eigenvalue weighted by Crippen LogP contribution is 2.25. The summed E-state index contributed by atoms with van der Waals surface area (Å²) in [5.41, 5.74) is 3.35. The van der Waals surface area contributed by atoms with Gasteiger partial charge < -0.3 is 15.1 Å². The largest absolute Gasteiger partial charge is 0.459 e. The second-order valence-corrected chi connectivity index (χ2v) is 7.49. The lowest BCUT2D eigenvalue weighted by molar-refractivity contribution is 0.221. The number of benzene rings is 1. The lowest BCUT2D eigenvalue weighted by Crippen LogP contribution is -2.48. The number of aliphatic imine (C=N–C) groups is 1. The molecule has 2 N–H and O–H groups in total. The van der Waals surface area contributed by atoms with Crippen LogP contribution in [0.4, 0.5) is 0 Å². The zero-order valence-corrected chi connectivity index (χ0v) is 16.8. The Hall–Kier alpha value is -2.27. The molecule has 0 bridgehead atoms. The van der Waals surface area contributed by atoms with Crippen LogP contribution in [0.25, 0.3) is 11.0 Å². The second-order valence-electron chi connectivity index (χ2n) is 7.49. The average molecular weight is 369 g/mol. The molecule has 0 spiro atoms. The first-order chi connectivity index (χ1) is 13.1. The number of furan rings is 1. The van der Waals surface area contributed by atoms with Crippen LogP contribution in [0.5, 0.6) is 0 Å². The van der Waals surface area contributed by atoms with E-state index in [2.05, 4.69) is 49.0 Å². The number of guanidine groups is 1. The van der Waals surface area contributed by atoms with Crippen molar-refractivity contribution in [2.24, 2.45) is 4.99 Å². The van der Waals surface area contributed by atoms with Gasteiger partial charge >= 0.3 is 0 Å². The first-order valence-corrected chi connectivity index (χ1v) is 9.95. The second kappa shape index (κ2) is 9.09. The van der Waals surface area contributed by atoms with E-state index in [1.807, 2.05) is 18.2 Å². The molecule has 2 aromatic rings. The predicted molar refractivity (Wildman–Crippen MR) is 113 cm³/mol. The van der Waals surface area contributed by atoms with E-state index >= 15 is 0 Å². The maximum Gasteiger partial charge on any atom is 0.191 e. The van der Waals surface area contributed by atoms with E-state index in [1.165, 1.54) is 16.5 Å². The molecule has 0 saturated carbocycles. The molecule has 1 aliphatic heterocycles. The summed E-state index contributed by atoms with van der Waals surface area (Å²) >= 11 is 0. The summed E-state index contributed by atoms with van der Waals surface area (Å²) in [5, 5.41) is 8.14. The minimum Gasteiger partial charge on any atom is -0.459 e. The normalized spacial score (nSPS) is 16.6. The summed E-state index contributed by atoms with van der Waals surface area (Å²) < 4.78 is 5.99. The molecule has 146 valence electrons. The van der Waals surface area contributed by atoms with Gasteiger partial charge in [-0.25, -0.2) is 4.99 Å². The number of fused-ring (bicyclic) bond motifs is 1. The quantitative estimate of drug-likeness (QED) is 0.462. The zero-order chi connectivity index (χ0) is 19.2. The number of nitrogens with one attached hydrogen (secondary N) is 2. The predicted octanol–water partition coefficient (Wildman–Crippen LogP) is 3.84. The smallest absolute Gasteiger partial charge is 0.191 e. The summed E-state index contributed by atoms with van der Waals surface area (Å²) in [6, 6.07) is 8.62. The van der Waals surface area contributed by atoms with Crippen molar-refractivity contribution in [1.29, 1.82) is 0 Å². The van der Waals surface area contributed by atoms with Gasteiger partial charge in [-0.05, 0) is 39.7 Å². The number of piperidine rings is 1. The van der Waals surface area contributed by atoms with Crippen molar-refractivity contribution in [2.45, 2.75) is 46.2 Å². The van der Waals surface area contributed by atoms with Crippen LogP contribution in [0.3, 0.4) is 0 Å². The molecule has 1 aromatic carbocycles. The molecule has 0 radical (unpaired) electrons. The van der Waals surface area contributed by atoms with E-state index in [0.717, 1.165) is 56.3 Å². The van der Waals surface area contributed by atoms with Gasteiger partial charge in [0.15, 0.2) is 5.96 Å². The van der Waals surface area contributed by atoms with Gasteiger partial charge in [-0.1, -0.05) is 30.4 Å². The van der Waals surface area contributed by atoms with Gasteiger partial charge in [-0.15, -0.1) is 0 Å². The summed E-state index contributed by atoms with van der Waals surface area (Å²) in [4.78, 5) is 7.25. The Bertz CT molecular complexity index is 800. The van der Waals surface area contributed by atoms with Crippen molar-refractivity contribution in [3.8, 4) is 0 Å². The van der Waals surface area contributed by atoms with Crippen molar-refractivity contribution in [3.05, 3.63) is 47.7 Å². The fourth-order valence-corrected chi connectivity index (χ4v) is 3.66. The lowest BCUT2D eigenvalue weighted by atomic mass is 10.0. The van der Waals surface area contributed by atoms with Crippen LogP contribution < -0.4 is 10.6 Å². The third kappa shape index (κ3) is 5.13. The highest BCUT2D eigenvalue weighted by Gasteiger charge is 2.20. The van der Waals surface area contributed by atoms with Crippen molar-refractivity contribution in [3.63, 3.8) is 0 Å². The van der Waals surface area contributed by atoms with Gasteiger partial charge in [0.1, 0.15) is 17.9 Å². The number of para-hydroxylation sites is 1. The molecule has 1 aromatic heterocycles. The van der Waals surface area contributed by atoms with Crippen LogP contribution in [0.1, 0.15) is 38.0 Å². The molecule has 5 nitrogen and oxygen atoms in total. The maximum atomic E-state index is 5.99. The molecular weight excluding hydrogens is 336 g/mol. The first kappa shape index (κ1) is 19.5. The summed E-state index contributed by atoms with van der Waals surface area (Å²) in [7, 11) is 0. The molecule has 5 heteroatoms. The number of aryl methyl sites for hydroxylation is 1. The lowest BCUT2D eigenvalue weighted by Gasteiger charge is -2.33. The molecule has 0 unspecified atom stereocenters. The Labute approximate surface area is 162 Å². The van der Waals surface area contributed by atoms with Gasteiger partial charge in [0.2, 0.25) is 0 Å². The minimum atomic E-state index is 0.459. The molecule has 0 aliphatic carbocycles. The average Bonchev–Trinajstić information content (AvgIpc) is 2.97. The number of rotatable bonds is 6. The Kier molecular flexibility index (Phi) is 6.56. The van der Waals surface area contributed by atoms with Crippen molar-refractivity contribution in [2.75, 3.05) is 26.2 Å². The number of likely N-dealkylation sites (tertiary alicyclic amines) is 1. The van der Waals surface area contributed by atoms with Crippen molar-refractivity contribution < 1.29 is 4.42 Å². The maximum absolute atomic E-state index is 5.99. The molecular formula is C22H32N4O. The summed E-state index contributed by atoms with van der Waals surface area (Å²) in [6.07, 6.45) is 2.25. The van der Waals surface area contributed by atoms with Gasteiger partial charge in [0.05, 0.1) is 0 Å². The van der Waals surface area contributed by atoms with Crippen LogP contribution >= 0.6 is 0 Å². The molecule has 1 saturated heterocycles. The third-order valence-corrected chi connectivity index (χ3v) is 5.09. The Morgan fingerprint density at radius 2 is 2.04 bits per heavy atom. The Balaban J connectivity index is 1.61. The molecule has 0 amide bonds. The molecule has 27 heavy (non-hydrogen) atoms. The number of hydrogen-bond acceptors (Lipinski definition) is 3.